The van der Waals surface area contributed by atoms with Gasteiger partial charge in [0.2, 0.25) is 0 Å². The lowest BCUT2D eigenvalue weighted by Gasteiger charge is -2.06. The van der Waals surface area contributed by atoms with Crippen LogP contribution in [0.5, 0.6) is 0 Å². The highest BCUT2D eigenvalue weighted by Crippen LogP contribution is 2.20. The third-order valence-corrected chi connectivity index (χ3v) is 2.69. The minimum absolute atomic E-state index is 0.221. The molecule has 72 valence electrons. The van der Waals surface area contributed by atoms with Crippen molar-refractivity contribution in [1.29, 1.82) is 0 Å². The molecule has 0 saturated heterocycles. The highest BCUT2D eigenvalue weighted by Gasteiger charge is 2.03. The number of halogens is 2. The number of aromatic nitrogens is 1. The summed E-state index contributed by atoms with van der Waals surface area (Å²) in [4.78, 5) is 3.95. The molecule has 1 rings (SSSR count). The first-order valence-electron chi connectivity index (χ1n) is 4.15. The van der Waals surface area contributed by atoms with Crippen LogP contribution in [0, 0.1) is 0 Å². The number of hydrogen-bond donors (Lipinski definition) is 1. The van der Waals surface area contributed by atoms with Gasteiger partial charge in [-0.15, -0.1) is 0 Å². The fourth-order valence-corrected chi connectivity index (χ4v) is 1.62. The summed E-state index contributed by atoms with van der Waals surface area (Å²) in [6.07, 6.45) is 3.61. The van der Waals surface area contributed by atoms with Gasteiger partial charge in [0.1, 0.15) is 5.15 Å². The van der Waals surface area contributed by atoms with Crippen molar-refractivity contribution in [2.24, 2.45) is 5.73 Å². The lowest BCUT2D eigenvalue weighted by Crippen LogP contribution is -2.15. The minimum atomic E-state index is 0.221. The molecule has 0 aliphatic rings. The van der Waals surface area contributed by atoms with Gasteiger partial charge < -0.3 is 5.73 Å². The van der Waals surface area contributed by atoms with Crippen LogP contribution in [-0.4, -0.2) is 11.0 Å². The smallest absolute Gasteiger partial charge is 0.129 e. The van der Waals surface area contributed by atoms with Crippen molar-refractivity contribution in [3.8, 4) is 0 Å². The van der Waals surface area contributed by atoms with Crippen molar-refractivity contribution in [3.63, 3.8) is 0 Å². The molecule has 1 heterocycles. The van der Waals surface area contributed by atoms with Crippen LogP contribution in [0.2, 0.25) is 5.15 Å². The fourth-order valence-electron chi connectivity index (χ4n) is 1.03. The van der Waals surface area contributed by atoms with Crippen molar-refractivity contribution in [3.05, 3.63) is 27.5 Å². The first-order chi connectivity index (χ1) is 6.09. The molecule has 2 N–H and O–H groups in total. The topological polar surface area (TPSA) is 38.9 Å². The molecule has 0 aliphatic heterocycles. The Kier molecular flexibility index (Phi) is 4.16. The molecular weight excluding hydrogens is 251 g/mol. The van der Waals surface area contributed by atoms with Crippen molar-refractivity contribution >= 4 is 27.5 Å². The summed E-state index contributed by atoms with van der Waals surface area (Å²) in [5.74, 6) is 0. The van der Waals surface area contributed by atoms with E-state index < -0.39 is 0 Å². The van der Waals surface area contributed by atoms with Gasteiger partial charge in [-0.2, -0.15) is 0 Å². The highest BCUT2D eigenvalue weighted by molar-refractivity contribution is 9.10. The molecule has 2 nitrogen and oxygen atoms in total. The fraction of sp³-hybridized carbons (Fsp3) is 0.444. The van der Waals surface area contributed by atoms with Crippen molar-refractivity contribution in [1.82, 2.24) is 4.98 Å². The van der Waals surface area contributed by atoms with E-state index in [9.17, 15) is 0 Å². The molecule has 1 atom stereocenters. The molecule has 4 heteroatoms. The van der Waals surface area contributed by atoms with Crippen LogP contribution >= 0.6 is 27.5 Å². The third kappa shape index (κ3) is 3.63. The predicted molar refractivity (Wildman–Crippen MR) is 58.9 cm³/mol. The van der Waals surface area contributed by atoms with Crippen molar-refractivity contribution < 1.29 is 0 Å². The predicted octanol–water partition coefficient (Wildman–Crippen LogP) is 2.78. The van der Waals surface area contributed by atoms with E-state index >= 15 is 0 Å². The average Bonchev–Trinajstić information content (AvgIpc) is 2.06. The molecule has 0 spiro atoms. The second-order valence-electron chi connectivity index (χ2n) is 3.11. The monoisotopic (exact) mass is 262 g/mol. The zero-order chi connectivity index (χ0) is 9.84. The van der Waals surface area contributed by atoms with Crippen molar-refractivity contribution in [2.45, 2.75) is 25.8 Å². The quantitative estimate of drug-likeness (QED) is 0.852. The molecule has 0 radical (unpaired) electrons. The minimum Gasteiger partial charge on any atom is -0.328 e. The van der Waals surface area contributed by atoms with E-state index in [-0.39, 0.29) is 6.04 Å². The van der Waals surface area contributed by atoms with Crippen LogP contribution in [0.3, 0.4) is 0 Å². The van der Waals surface area contributed by atoms with Gasteiger partial charge in [-0.1, -0.05) is 11.6 Å². The van der Waals surface area contributed by atoms with Crippen LogP contribution in [0.1, 0.15) is 18.9 Å². The Balaban J connectivity index is 2.70. The number of aryl methyl sites for hydroxylation is 1. The van der Waals surface area contributed by atoms with E-state index in [0.717, 1.165) is 22.9 Å². The molecule has 13 heavy (non-hydrogen) atoms. The van der Waals surface area contributed by atoms with Gasteiger partial charge in [-0.25, -0.2) is 4.98 Å². The summed E-state index contributed by atoms with van der Waals surface area (Å²) in [6, 6.07) is 2.09. The van der Waals surface area contributed by atoms with Gasteiger partial charge in [0.25, 0.3) is 0 Å². The van der Waals surface area contributed by atoms with Crippen LogP contribution in [0.4, 0.5) is 0 Å². The Morgan fingerprint density at radius 3 is 3.00 bits per heavy atom. The van der Waals surface area contributed by atoms with Gasteiger partial charge in [0, 0.05) is 16.7 Å². The van der Waals surface area contributed by atoms with Crippen LogP contribution in [0.15, 0.2) is 16.7 Å². The summed E-state index contributed by atoms with van der Waals surface area (Å²) in [7, 11) is 0. The average molecular weight is 264 g/mol. The van der Waals surface area contributed by atoms with Crippen LogP contribution < -0.4 is 5.73 Å². The second kappa shape index (κ2) is 4.94. The molecule has 0 aliphatic carbocycles. The van der Waals surface area contributed by atoms with E-state index in [1.54, 1.807) is 6.20 Å². The number of nitrogens with two attached hydrogens (primary N) is 1. The highest BCUT2D eigenvalue weighted by atomic mass is 79.9. The summed E-state index contributed by atoms with van der Waals surface area (Å²) >= 11 is 9.19. The summed E-state index contributed by atoms with van der Waals surface area (Å²) in [5.41, 5.74) is 6.83. The Bertz CT molecular complexity index is 289. The summed E-state index contributed by atoms with van der Waals surface area (Å²) < 4.78 is 0.998. The van der Waals surface area contributed by atoms with E-state index in [4.69, 9.17) is 17.3 Å². The molecule has 0 fully saturated rings. The maximum atomic E-state index is 5.77. The molecule has 0 amide bonds. The third-order valence-electron chi connectivity index (χ3n) is 1.77. The van der Waals surface area contributed by atoms with Gasteiger partial charge in [-0.3, -0.25) is 0 Å². The molecular formula is C9H12BrClN2. The molecule has 0 bridgehead atoms. The molecule has 0 saturated carbocycles. The first kappa shape index (κ1) is 11.0. The van der Waals surface area contributed by atoms with E-state index in [0.29, 0.717) is 5.15 Å². The lowest BCUT2D eigenvalue weighted by atomic mass is 10.1. The normalized spacial score (nSPS) is 12.9. The molecule has 1 aromatic heterocycles. The second-order valence-corrected chi connectivity index (χ2v) is 4.36. The Labute approximate surface area is 91.6 Å². The zero-order valence-electron chi connectivity index (χ0n) is 7.43. The first-order valence-corrected chi connectivity index (χ1v) is 5.32. The van der Waals surface area contributed by atoms with E-state index in [1.807, 2.05) is 13.0 Å². The molecule has 0 aromatic carbocycles. The van der Waals surface area contributed by atoms with Gasteiger partial charge in [-0.05, 0) is 47.3 Å². The number of nitrogens with zero attached hydrogens (tertiary/aromatic N) is 1. The number of hydrogen-bond acceptors (Lipinski definition) is 2. The Morgan fingerprint density at radius 1 is 1.69 bits per heavy atom. The van der Waals surface area contributed by atoms with Crippen molar-refractivity contribution in [2.75, 3.05) is 0 Å². The summed E-state index contributed by atoms with van der Waals surface area (Å²) in [6.45, 7) is 2.00. The SMILES string of the molecule is C[C@@H](N)CCc1cc(Cl)ncc1Br. The van der Waals surface area contributed by atoms with Crippen LogP contribution in [0.25, 0.3) is 0 Å². The maximum absolute atomic E-state index is 5.77. The largest absolute Gasteiger partial charge is 0.328 e. The summed E-state index contributed by atoms with van der Waals surface area (Å²) in [5, 5.41) is 0.530. The Hall–Kier alpha value is -0.120. The van der Waals surface area contributed by atoms with E-state index in [1.165, 1.54) is 0 Å². The number of rotatable bonds is 3. The number of pyridine rings is 1. The standard InChI is InChI=1S/C9H12BrClN2/c1-6(12)2-3-7-4-9(11)13-5-8(7)10/h4-6H,2-3,12H2,1H3/t6-/m1/s1. The maximum Gasteiger partial charge on any atom is 0.129 e. The zero-order valence-corrected chi connectivity index (χ0v) is 9.77. The van der Waals surface area contributed by atoms with Gasteiger partial charge in [0.15, 0.2) is 0 Å². The molecule has 1 aromatic rings. The van der Waals surface area contributed by atoms with Gasteiger partial charge >= 0.3 is 0 Å². The van der Waals surface area contributed by atoms with Gasteiger partial charge in [0.05, 0.1) is 0 Å². The van der Waals surface area contributed by atoms with Crippen LogP contribution in [-0.2, 0) is 6.42 Å². The lowest BCUT2D eigenvalue weighted by molar-refractivity contribution is 0.664. The van der Waals surface area contributed by atoms with E-state index in [2.05, 4.69) is 20.9 Å². The molecule has 0 unspecified atom stereocenters. The Morgan fingerprint density at radius 2 is 2.38 bits per heavy atom.